The van der Waals surface area contributed by atoms with Crippen LogP contribution in [0.1, 0.15) is 24.4 Å². The van der Waals surface area contributed by atoms with E-state index in [-0.39, 0.29) is 11.8 Å². The van der Waals surface area contributed by atoms with Crippen LogP contribution in [0.3, 0.4) is 0 Å². The SMILES string of the molecule is Oc1ccc2c(c1)OCC2NCC1CCOCC1. The number of phenols is 1. The van der Waals surface area contributed by atoms with E-state index in [9.17, 15) is 5.11 Å². The molecule has 1 unspecified atom stereocenters. The average molecular weight is 249 g/mol. The Hall–Kier alpha value is -1.26. The van der Waals surface area contributed by atoms with Crippen LogP contribution in [0.25, 0.3) is 0 Å². The zero-order valence-corrected chi connectivity index (χ0v) is 10.4. The lowest BCUT2D eigenvalue weighted by Gasteiger charge is -2.23. The van der Waals surface area contributed by atoms with Gasteiger partial charge in [0.2, 0.25) is 0 Å². The van der Waals surface area contributed by atoms with Gasteiger partial charge in [0.15, 0.2) is 0 Å². The number of hydrogen-bond acceptors (Lipinski definition) is 4. The topological polar surface area (TPSA) is 50.7 Å². The molecule has 2 N–H and O–H groups in total. The molecule has 2 aliphatic rings. The first kappa shape index (κ1) is 11.8. The summed E-state index contributed by atoms with van der Waals surface area (Å²) in [5, 5.41) is 13.0. The van der Waals surface area contributed by atoms with Crippen molar-refractivity contribution in [3.05, 3.63) is 23.8 Å². The molecule has 1 aromatic rings. The predicted octanol–water partition coefficient (Wildman–Crippen LogP) is 1.84. The van der Waals surface area contributed by atoms with Crippen LogP contribution in [0.2, 0.25) is 0 Å². The number of fused-ring (bicyclic) bond motifs is 1. The minimum atomic E-state index is 0.253. The summed E-state index contributed by atoms with van der Waals surface area (Å²) in [5.41, 5.74) is 1.15. The zero-order chi connectivity index (χ0) is 12.4. The van der Waals surface area contributed by atoms with E-state index in [4.69, 9.17) is 9.47 Å². The van der Waals surface area contributed by atoms with Crippen LogP contribution < -0.4 is 10.1 Å². The van der Waals surface area contributed by atoms with Crippen molar-refractivity contribution in [2.75, 3.05) is 26.4 Å². The number of rotatable bonds is 3. The van der Waals surface area contributed by atoms with Crippen molar-refractivity contribution < 1.29 is 14.6 Å². The van der Waals surface area contributed by atoms with Crippen molar-refractivity contribution in [1.82, 2.24) is 5.32 Å². The molecular weight excluding hydrogens is 230 g/mol. The number of hydrogen-bond donors (Lipinski definition) is 2. The molecule has 0 aliphatic carbocycles. The average Bonchev–Trinajstić information content (AvgIpc) is 2.80. The van der Waals surface area contributed by atoms with Crippen LogP contribution in [0.15, 0.2) is 18.2 Å². The van der Waals surface area contributed by atoms with Crippen molar-refractivity contribution >= 4 is 0 Å². The minimum absolute atomic E-state index is 0.253. The maximum absolute atomic E-state index is 9.40. The summed E-state index contributed by atoms with van der Waals surface area (Å²) in [4.78, 5) is 0. The van der Waals surface area contributed by atoms with E-state index in [1.165, 1.54) is 0 Å². The molecule has 3 rings (SSSR count). The van der Waals surface area contributed by atoms with Gasteiger partial charge in [-0.15, -0.1) is 0 Å². The largest absolute Gasteiger partial charge is 0.508 e. The predicted molar refractivity (Wildman–Crippen MR) is 67.9 cm³/mol. The molecule has 4 nitrogen and oxygen atoms in total. The van der Waals surface area contributed by atoms with Gasteiger partial charge in [-0.2, -0.15) is 0 Å². The Balaban J connectivity index is 1.59. The van der Waals surface area contributed by atoms with Gasteiger partial charge in [-0.25, -0.2) is 0 Å². The highest BCUT2D eigenvalue weighted by Gasteiger charge is 2.25. The lowest BCUT2D eigenvalue weighted by molar-refractivity contribution is 0.0652. The molecule has 1 saturated heterocycles. The first-order valence-corrected chi connectivity index (χ1v) is 6.60. The molecule has 0 amide bonds. The Morgan fingerprint density at radius 2 is 2.11 bits per heavy atom. The maximum Gasteiger partial charge on any atom is 0.127 e. The maximum atomic E-state index is 9.40. The summed E-state index contributed by atoms with van der Waals surface area (Å²) >= 11 is 0. The molecule has 1 aromatic carbocycles. The second-order valence-corrected chi connectivity index (χ2v) is 5.05. The van der Waals surface area contributed by atoms with E-state index in [1.807, 2.05) is 6.07 Å². The standard InChI is InChI=1S/C14H19NO3/c16-11-1-2-12-13(9-18-14(12)7-11)15-8-10-3-5-17-6-4-10/h1-2,7,10,13,15-16H,3-6,8-9H2. The quantitative estimate of drug-likeness (QED) is 0.858. The highest BCUT2D eigenvalue weighted by Crippen LogP contribution is 2.35. The lowest BCUT2D eigenvalue weighted by Crippen LogP contribution is -2.31. The third kappa shape index (κ3) is 2.44. The van der Waals surface area contributed by atoms with Gasteiger partial charge in [0, 0.05) is 24.8 Å². The fraction of sp³-hybridized carbons (Fsp3) is 0.571. The molecule has 0 aromatic heterocycles. The van der Waals surface area contributed by atoms with Gasteiger partial charge >= 0.3 is 0 Å². The molecule has 98 valence electrons. The molecular formula is C14H19NO3. The number of phenolic OH excluding ortho intramolecular Hbond substituents is 1. The Labute approximate surface area is 107 Å². The van der Waals surface area contributed by atoms with Crippen LogP contribution in [0.4, 0.5) is 0 Å². The molecule has 1 atom stereocenters. The fourth-order valence-electron chi connectivity index (χ4n) is 2.63. The van der Waals surface area contributed by atoms with E-state index in [0.717, 1.165) is 43.9 Å². The van der Waals surface area contributed by atoms with E-state index in [0.29, 0.717) is 12.5 Å². The van der Waals surface area contributed by atoms with Crippen molar-refractivity contribution in [2.24, 2.45) is 5.92 Å². The number of nitrogens with one attached hydrogen (secondary N) is 1. The molecule has 2 heterocycles. The number of benzene rings is 1. The van der Waals surface area contributed by atoms with Crippen LogP contribution in [-0.2, 0) is 4.74 Å². The molecule has 18 heavy (non-hydrogen) atoms. The Morgan fingerprint density at radius 1 is 1.28 bits per heavy atom. The third-order valence-electron chi connectivity index (χ3n) is 3.77. The summed E-state index contributed by atoms with van der Waals surface area (Å²) in [5.74, 6) is 1.78. The summed E-state index contributed by atoms with van der Waals surface area (Å²) < 4.78 is 10.9. The molecule has 0 spiro atoms. The molecule has 1 fully saturated rings. The van der Waals surface area contributed by atoms with Crippen molar-refractivity contribution in [3.63, 3.8) is 0 Å². The van der Waals surface area contributed by atoms with Gasteiger partial charge in [-0.3, -0.25) is 0 Å². The Bertz CT molecular complexity index is 416. The second kappa shape index (κ2) is 5.16. The van der Waals surface area contributed by atoms with Gasteiger partial charge in [0.1, 0.15) is 18.1 Å². The van der Waals surface area contributed by atoms with Gasteiger partial charge < -0.3 is 19.9 Å². The van der Waals surface area contributed by atoms with Crippen LogP contribution in [0, 0.1) is 5.92 Å². The third-order valence-corrected chi connectivity index (χ3v) is 3.77. The van der Waals surface area contributed by atoms with E-state index in [2.05, 4.69) is 5.32 Å². The zero-order valence-electron chi connectivity index (χ0n) is 10.4. The van der Waals surface area contributed by atoms with Gasteiger partial charge in [0.25, 0.3) is 0 Å². The van der Waals surface area contributed by atoms with Crippen LogP contribution in [-0.4, -0.2) is 31.5 Å². The fourth-order valence-corrected chi connectivity index (χ4v) is 2.63. The minimum Gasteiger partial charge on any atom is -0.508 e. The van der Waals surface area contributed by atoms with Crippen LogP contribution in [0.5, 0.6) is 11.5 Å². The van der Waals surface area contributed by atoms with Gasteiger partial charge in [-0.1, -0.05) is 0 Å². The Morgan fingerprint density at radius 3 is 2.94 bits per heavy atom. The monoisotopic (exact) mass is 249 g/mol. The Kier molecular flexibility index (Phi) is 3.39. The molecule has 0 bridgehead atoms. The summed E-state index contributed by atoms with van der Waals surface area (Å²) in [6.07, 6.45) is 2.28. The molecule has 4 heteroatoms. The second-order valence-electron chi connectivity index (χ2n) is 5.05. The lowest BCUT2D eigenvalue weighted by atomic mass is 9.99. The highest BCUT2D eigenvalue weighted by molar-refractivity contribution is 5.44. The molecule has 2 aliphatic heterocycles. The van der Waals surface area contributed by atoms with Gasteiger partial charge in [0.05, 0.1) is 6.04 Å². The van der Waals surface area contributed by atoms with Crippen LogP contribution >= 0.6 is 0 Å². The smallest absolute Gasteiger partial charge is 0.127 e. The first-order chi connectivity index (χ1) is 8.83. The highest BCUT2D eigenvalue weighted by atomic mass is 16.5. The van der Waals surface area contributed by atoms with E-state index < -0.39 is 0 Å². The summed E-state index contributed by atoms with van der Waals surface area (Å²) in [6.45, 7) is 3.44. The summed E-state index contributed by atoms with van der Waals surface area (Å²) in [7, 11) is 0. The summed E-state index contributed by atoms with van der Waals surface area (Å²) in [6, 6.07) is 5.60. The first-order valence-electron chi connectivity index (χ1n) is 6.60. The van der Waals surface area contributed by atoms with Crippen molar-refractivity contribution in [3.8, 4) is 11.5 Å². The number of ether oxygens (including phenoxy) is 2. The van der Waals surface area contributed by atoms with Gasteiger partial charge in [-0.05, 0) is 37.4 Å². The molecule has 0 saturated carbocycles. The van der Waals surface area contributed by atoms with Crippen molar-refractivity contribution in [1.29, 1.82) is 0 Å². The van der Waals surface area contributed by atoms with E-state index >= 15 is 0 Å². The van der Waals surface area contributed by atoms with E-state index in [1.54, 1.807) is 12.1 Å². The van der Waals surface area contributed by atoms with Crippen molar-refractivity contribution in [2.45, 2.75) is 18.9 Å². The normalized spacial score (nSPS) is 23.7. The number of aromatic hydroxyl groups is 1. The molecule has 0 radical (unpaired) electrons.